The van der Waals surface area contributed by atoms with E-state index in [0.717, 1.165) is 25.0 Å². The van der Waals surface area contributed by atoms with Crippen molar-refractivity contribution < 1.29 is 9.53 Å². The molecular formula is C16H22O2. The van der Waals surface area contributed by atoms with Crippen molar-refractivity contribution in [3.8, 4) is 5.75 Å². The maximum atomic E-state index is 10.9. The number of carbonyl (C=O) groups is 1. The lowest BCUT2D eigenvalue weighted by molar-refractivity contribution is -0.116. The van der Waals surface area contributed by atoms with Gasteiger partial charge < -0.3 is 9.53 Å². The van der Waals surface area contributed by atoms with E-state index in [9.17, 15) is 4.79 Å². The molecule has 0 saturated carbocycles. The van der Waals surface area contributed by atoms with Gasteiger partial charge in [-0.3, -0.25) is 0 Å². The summed E-state index contributed by atoms with van der Waals surface area (Å²) >= 11 is 0. The first-order valence-corrected chi connectivity index (χ1v) is 6.58. The van der Waals surface area contributed by atoms with E-state index in [2.05, 4.69) is 19.1 Å². The van der Waals surface area contributed by atoms with Crippen LogP contribution in [0.25, 0.3) is 0 Å². The van der Waals surface area contributed by atoms with Crippen LogP contribution >= 0.6 is 0 Å². The molecule has 1 rings (SSSR count). The van der Waals surface area contributed by atoms with Gasteiger partial charge in [0.2, 0.25) is 0 Å². The molecule has 0 N–H and O–H groups in total. The zero-order valence-corrected chi connectivity index (χ0v) is 11.3. The molecule has 2 nitrogen and oxygen atoms in total. The zero-order chi connectivity index (χ0) is 13.2. The summed E-state index contributed by atoms with van der Waals surface area (Å²) in [6.45, 7) is 4.46. The molecule has 0 fully saturated rings. The highest BCUT2D eigenvalue weighted by molar-refractivity contribution is 5.75. The van der Waals surface area contributed by atoms with Gasteiger partial charge in [0, 0.05) is 6.42 Å². The summed E-state index contributed by atoms with van der Waals surface area (Å²) in [5.41, 5.74) is 1.18. The van der Waals surface area contributed by atoms with E-state index in [-0.39, 0.29) is 5.78 Å². The first-order chi connectivity index (χ1) is 8.72. The minimum Gasteiger partial charge on any atom is -0.493 e. The molecule has 0 unspecified atom stereocenters. The fourth-order valence-corrected chi connectivity index (χ4v) is 1.60. The minimum absolute atomic E-state index is 0.234. The second kappa shape index (κ2) is 8.51. The Morgan fingerprint density at radius 3 is 2.56 bits per heavy atom. The lowest BCUT2D eigenvalue weighted by Crippen LogP contribution is -1.97. The van der Waals surface area contributed by atoms with Crippen molar-refractivity contribution in [2.75, 3.05) is 6.61 Å². The Kier molecular flexibility index (Phi) is 6.85. The first-order valence-electron chi connectivity index (χ1n) is 6.58. The second-order valence-corrected chi connectivity index (χ2v) is 4.36. The zero-order valence-electron chi connectivity index (χ0n) is 11.3. The number of aryl methyl sites for hydroxylation is 1. The van der Waals surface area contributed by atoms with Crippen molar-refractivity contribution in [1.82, 2.24) is 0 Å². The number of rotatable bonds is 8. The Balaban J connectivity index is 2.31. The van der Waals surface area contributed by atoms with Gasteiger partial charge >= 0.3 is 0 Å². The number of benzene rings is 1. The molecule has 18 heavy (non-hydrogen) atoms. The first kappa shape index (κ1) is 14.5. The van der Waals surface area contributed by atoms with Crippen LogP contribution in [0, 0.1) is 0 Å². The Bertz CT molecular complexity index is 377. The number of ketones is 1. The maximum absolute atomic E-state index is 10.9. The van der Waals surface area contributed by atoms with Crippen LogP contribution in [0.4, 0.5) is 0 Å². The molecule has 2 heteroatoms. The van der Waals surface area contributed by atoms with Gasteiger partial charge in [-0.15, -0.1) is 0 Å². The summed E-state index contributed by atoms with van der Waals surface area (Å²) < 4.78 is 5.61. The molecular weight excluding hydrogens is 224 g/mol. The summed E-state index contributed by atoms with van der Waals surface area (Å²) in [5, 5.41) is 0. The average Bonchev–Trinajstić information content (AvgIpc) is 2.37. The van der Waals surface area contributed by atoms with Gasteiger partial charge in [-0.2, -0.15) is 0 Å². The standard InChI is InChI=1S/C16H22O2/c1-3-4-5-6-13-18-16-11-9-15(10-12-16)8-7-14(2)17/h4-5,9-12H,3,6-8,13H2,1-2H3. The number of ether oxygens (including phenoxy) is 1. The Labute approximate surface area is 110 Å². The smallest absolute Gasteiger partial charge is 0.130 e. The van der Waals surface area contributed by atoms with Gasteiger partial charge in [0.25, 0.3) is 0 Å². The number of allylic oxidation sites excluding steroid dienone is 1. The quantitative estimate of drug-likeness (QED) is 0.513. The van der Waals surface area contributed by atoms with Crippen molar-refractivity contribution in [2.45, 2.75) is 39.5 Å². The van der Waals surface area contributed by atoms with Gasteiger partial charge in [0.1, 0.15) is 11.5 Å². The second-order valence-electron chi connectivity index (χ2n) is 4.36. The summed E-state index contributed by atoms with van der Waals surface area (Å²) in [6.07, 6.45) is 7.73. The number of hydrogen-bond acceptors (Lipinski definition) is 2. The third kappa shape index (κ3) is 6.24. The summed E-state index contributed by atoms with van der Waals surface area (Å²) in [6, 6.07) is 8.00. The third-order valence-electron chi connectivity index (χ3n) is 2.64. The van der Waals surface area contributed by atoms with E-state index in [1.807, 2.05) is 24.3 Å². The molecule has 0 heterocycles. The van der Waals surface area contributed by atoms with E-state index < -0.39 is 0 Å². The third-order valence-corrected chi connectivity index (χ3v) is 2.64. The van der Waals surface area contributed by atoms with Crippen molar-refractivity contribution in [3.05, 3.63) is 42.0 Å². The van der Waals surface area contributed by atoms with E-state index in [1.165, 1.54) is 5.56 Å². The normalized spacial score (nSPS) is 10.8. The monoisotopic (exact) mass is 246 g/mol. The maximum Gasteiger partial charge on any atom is 0.130 e. The molecule has 0 saturated heterocycles. The van der Waals surface area contributed by atoms with E-state index in [0.29, 0.717) is 13.0 Å². The summed E-state index contributed by atoms with van der Waals surface area (Å²) in [4.78, 5) is 10.9. The molecule has 0 aliphatic heterocycles. The molecule has 0 spiro atoms. The van der Waals surface area contributed by atoms with E-state index in [1.54, 1.807) is 6.92 Å². The fraction of sp³-hybridized carbons (Fsp3) is 0.438. The summed E-state index contributed by atoms with van der Waals surface area (Å²) in [7, 11) is 0. The van der Waals surface area contributed by atoms with Crippen LogP contribution in [0.5, 0.6) is 5.75 Å². The lowest BCUT2D eigenvalue weighted by atomic mass is 10.1. The molecule has 0 aliphatic rings. The fourth-order valence-electron chi connectivity index (χ4n) is 1.60. The van der Waals surface area contributed by atoms with Crippen LogP contribution in [0.1, 0.15) is 38.7 Å². The highest BCUT2D eigenvalue weighted by atomic mass is 16.5. The largest absolute Gasteiger partial charge is 0.493 e. The van der Waals surface area contributed by atoms with Crippen molar-refractivity contribution in [1.29, 1.82) is 0 Å². The molecule has 0 radical (unpaired) electrons. The van der Waals surface area contributed by atoms with Gasteiger partial charge in [-0.1, -0.05) is 31.2 Å². The highest BCUT2D eigenvalue weighted by Gasteiger charge is 1.98. The predicted octanol–water partition coefficient (Wildman–Crippen LogP) is 3.94. The molecule has 0 amide bonds. The number of Topliss-reactive ketones (excluding diaryl/α,β-unsaturated/α-hetero) is 1. The topological polar surface area (TPSA) is 26.3 Å². The Hall–Kier alpha value is -1.57. The van der Waals surface area contributed by atoms with E-state index in [4.69, 9.17) is 4.74 Å². The molecule has 0 aromatic heterocycles. The van der Waals surface area contributed by atoms with Gasteiger partial charge in [-0.25, -0.2) is 0 Å². The van der Waals surface area contributed by atoms with Crippen LogP contribution in [0.3, 0.4) is 0 Å². The lowest BCUT2D eigenvalue weighted by Gasteiger charge is -2.05. The Morgan fingerprint density at radius 2 is 1.94 bits per heavy atom. The molecule has 0 bridgehead atoms. The van der Waals surface area contributed by atoms with Crippen molar-refractivity contribution in [3.63, 3.8) is 0 Å². The molecule has 0 aliphatic carbocycles. The number of carbonyl (C=O) groups excluding carboxylic acids is 1. The van der Waals surface area contributed by atoms with E-state index >= 15 is 0 Å². The average molecular weight is 246 g/mol. The van der Waals surface area contributed by atoms with Crippen LogP contribution < -0.4 is 4.74 Å². The van der Waals surface area contributed by atoms with Gasteiger partial charge in [-0.05, 0) is 43.9 Å². The minimum atomic E-state index is 0.234. The molecule has 1 aromatic rings. The molecule has 98 valence electrons. The van der Waals surface area contributed by atoms with Crippen molar-refractivity contribution in [2.24, 2.45) is 0 Å². The van der Waals surface area contributed by atoms with Gasteiger partial charge in [0.15, 0.2) is 0 Å². The van der Waals surface area contributed by atoms with Crippen LogP contribution in [-0.2, 0) is 11.2 Å². The Morgan fingerprint density at radius 1 is 1.22 bits per heavy atom. The van der Waals surface area contributed by atoms with Gasteiger partial charge in [0.05, 0.1) is 6.61 Å². The number of hydrogen-bond donors (Lipinski definition) is 0. The van der Waals surface area contributed by atoms with Crippen molar-refractivity contribution >= 4 is 5.78 Å². The predicted molar refractivity (Wildman–Crippen MR) is 75.0 cm³/mol. The highest BCUT2D eigenvalue weighted by Crippen LogP contribution is 2.13. The SMILES string of the molecule is CCC=CCCOc1ccc(CCC(C)=O)cc1. The molecule has 1 aromatic carbocycles. The van der Waals surface area contributed by atoms with Crippen LogP contribution in [0.15, 0.2) is 36.4 Å². The van der Waals surface area contributed by atoms with Crippen LogP contribution in [0.2, 0.25) is 0 Å². The van der Waals surface area contributed by atoms with Crippen LogP contribution in [-0.4, -0.2) is 12.4 Å². The summed E-state index contributed by atoms with van der Waals surface area (Å²) in [5.74, 6) is 1.13. The molecule has 0 atom stereocenters.